The van der Waals surface area contributed by atoms with Crippen molar-refractivity contribution in [2.45, 2.75) is 41.5 Å². The van der Waals surface area contributed by atoms with Crippen LogP contribution in [0.4, 0.5) is 34.6 Å². The third kappa shape index (κ3) is 9.69. The molecule has 11 aromatic rings. The number of aromatic nitrogens is 6. The summed E-state index contributed by atoms with van der Waals surface area (Å²) in [6.07, 6.45) is 0. The first-order valence-corrected chi connectivity index (χ1v) is 24.9. The number of hydrogen-bond donors (Lipinski definition) is 0. The summed E-state index contributed by atoms with van der Waals surface area (Å²) in [4.78, 5) is 36.2. The summed E-state index contributed by atoms with van der Waals surface area (Å²) < 4.78 is 0. The lowest BCUT2D eigenvalue weighted by Gasteiger charge is -2.32. The molecule has 8 nitrogen and oxygen atoms in total. The second-order valence-corrected chi connectivity index (χ2v) is 18.9. The van der Waals surface area contributed by atoms with Crippen molar-refractivity contribution in [2.75, 3.05) is 9.80 Å². The van der Waals surface area contributed by atoms with Crippen molar-refractivity contribution in [1.82, 2.24) is 29.9 Å². The Balaban J connectivity index is 1.17. The molecule has 0 radical (unpaired) electrons. The lowest BCUT2D eigenvalue weighted by atomic mass is 9.96. The summed E-state index contributed by atoms with van der Waals surface area (Å²) in [6.45, 7) is 13.1. The minimum Gasteiger partial charge on any atom is -0.309 e. The van der Waals surface area contributed by atoms with Crippen LogP contribution in [0.15, 0.2) is 218 Å². The monoisotopic (exact) mass is 958 g/mol. The van der Waals surface area contributed by atoms with Gasteiger partial charge in [-0.15, -0.1) is 0 Å². The molecule has 0 aliphatic rings. The summed E-state index contributed by atoms with van der Waals surface area (Å²) >= 11 is 0. The number of hydrogen-bond acceptors (Lipinski definition) is 8. The average Bonchev–Trinajstić information content (AvgIpc) is 3.43. The topological polar surface area (TPSA) is 83.8 Å². The molecular formula is C66H54N8. The highest BCUT2D eigenvalue weighted by Crippen LogP contribution is 2.44. The molecule has 0 saturated carbocycles. The number of benzene rings is 9. The molecule has 9 aromatic carbocycles. The summed E-state index contributed by atoms with van der Waals surface area (Å²) in [7, 11) is 0. The SMILES string of the molecule is Cc1cc(C)c(N(c2ccc(N(c3nc(-c4ccccc4)nc(-c4ccccc4)n3)c3nc(-c4ccccc4)nc(-c4cc(-c5ccccc5)cc(-c5ccccc5)c4)n3)cc2)c2c(C)cc(C)cc2C)c(C)c1. The van der Waals surface area contributed by atoms with Gasteiger partial charge >= 0.3 is 0 Å². The molecule has 8 heteroatoms. The number of anilines is 6. The van der Waals surface area contributed by atoms with Gasteiger partial charge in [-0.25, -0.2) is 14.9 Å². The maximum atomic E-state index is 5.47. The molecule has 0 aliphatic heterocycles. The minimum absolute atomic E-state index is 0.338. The Morgan fingerprint density at radius 2 is 0.514 bits per heavy atom. The molecule has 0 aliphatic carbocycles. The van der Waals surface area contributed by atoms with Crippen LogP contribution in [0.5, 0.6) is 0 Å². The Kier molecular flexibility index (Phi) is 12.9. The second kappa shape index (κ2) is 20.4. The summed E-state index contributed by atoms with van der Waals surface area (Å²) in [6, 6.07) is 75.2. The fraction of sp³-hybridized carbons (Fsp3) is 0.0909. The van der Waals surface area contributed by atoms with Crippen LogP contribution in [0.2, 0.25) is 0 Å². The van der Waals surface area contributed by atoms with E-state index in [1.807, 2.05) is 108 Å². The highest BCUT2D eigenvalue weighted by molar-refractivity contribution is 5.86. The van der Waals surface area contributed by atoms with Crippen molar-refractivity contribution in [2.24, 2.45) is 0 Å². The van der Waals surface area contributed by atoms with E-state index in [2.05, 4.69) is 162 Å². The van der Waals surface area contributed by atoms with Crippen LogP contribution in [-0.4, -0.2) is 29.9 Å². The standard InChI is InChI=1S/C66H54N8/c1-43-36-45(3)59(46(4)37-43)73(60-47(5)38-44(2)39-48(60)6)57-32-34-58(35-33-57)74(65-69-61(51-26-16-9-17-27-51)67-62(70-65)52-28-18-10-19-29-52)66-71-63(53-30-20-11-21-31-53)68-64(72-66)56-41-54(49-22-12-7-13-23-49)40-55(42-56)50-24-14-8-15-25-50/h7-42H,1-6H3. The normalized spacial score (nSPS) is 11.1. The first kappa shape index (κ1) is 47.0. The predicted molar refractivity (Wildman–Crippen MR) is 304 cm³/mol. The quantitative estimate of drug-likeness (QED) is 0.120. The van der Waals surface area contributed by atoms with Gasteiger partial charge in [-0.05, 0) is 129 Å². The molecule has 2 heterocycles. The van der Waals surface area contributed by atoms with Gasteiger partial charge in [-0.2, -0.15) is 19.9 Å². The van der Waals surface area contributed by atoms with Gasteiger partial charge in [0, 0.05) is 27.9 Å². The molecule has 0 saturated heterocycles. The van der Waals surface area contributed by atoms with Crippen molar-refractivity contribution < 1.29 is 0 Å². The van der Waals surface area contributed by atoms with Gasteiger partial charge in [0.25, 0.3) is 0 Å². The fourth-order valence-corrected chi connectivity index (χ4v) is 10.1. The third-order valence-corrected chi connectivity index (χ3v) is 13.2. The number of nitrogens with zero attached hydrogens (tertiary/aromatic N) is 8. The fourth-order valence-electron chi connectivity index (χ4n) is 10.1. The van der Waals surface area contributed by atoms with Gasteiger partial charge < -0.3 is 4.90 Å². The van der Waals surface area contributed by atoms with E-state index < -0.39 is 0 Å². The highest BCUT2D eigenvalue weighted by atomic mass is 15.4. The summed E-state index contributed by atoms with van der Waals surface area (Å²) in [5.74, 6) is 2.70. The van der Waals surface area contributed by atoms with Crippen molar-refractivity contribution in [3.05, 3.63) is 252 Å². The molecular weight excluding hydrogens is 905 g/mol. The molecule has 0 fully saturated rings. The van der Waals surface area contributed by atoms with E-state index in [-0.39, 0.29) is 0 Å². The van der Waals surface area contributed by atoms with E-state index >= 15 is 0 Å². The van der Waals surface area contributed by atoms with Crippen molar-refractivity contribution in [1.29, 1.82) is 0 Å². The Bertz CT molecular complexity index is 3550. The van der Waals surface area contributed by atoms with Gasteiger partial charge in [0.05, 0.1) is 17.1 Å². The van der Waals surface area contributed by atoms with Crippen LogP contribution >= 0.6 is 0 Å². The predicted octanol–water partition coefficient (Wildman–Crippen LogP) is 16.8. The number of rotatable bonds is 12. The van der Waals surface area contributed by atoms with Crippen molar-refractivity contribution in [3.8, 4) is 67.8 Å². The van der Waals surface area contributed by atoms with Gasteiger partial charge in [0.15, 0.2) is 23.3 Å². The van der Waals surface area contributed by atoms with E-state index in [4.69, 9.17) is 29.9 Å². The van der Waals surface area contributed by atoms with E-state index in [0.717, 1.165) is 67.3 Å². The Morgan fingerprint density at radius 3 is 0.838 bits per heavy atom. The molecule has 0 amide bonds. The van der Waals surface area contributed by atoms with Crippen LogP contribution < -0.4 is 9.80 Å². The molecule has 0 N–H and O–H groups in total. The maximum Gasteiger partial charge on any atom is 0.241 e. The van der Waals surface area contributed by atoms with Gasteiger partial charge in [-0.3, -0.25) is 0 Å². The second-order valence-electron chi connectivity index (χ2n) is 18.9. The molecule has 11 rings (SSSR count). The molecule has 0 spiro atoms. The summed E-state index contributed by atoms with van der Waals surface area (Å²) in [5.41, 5.74) is 18.9. The Morgan fingerprint density at radius 1 is 0.243 bits per heavy atom. The smallest absolute Gasteiger partial charge is 0.241 e. The molecule has 0 bridgehead atoms. The van der Waals surface area contributed by atoms with E-state index in [0.29, 0.717) is 35.2 Å². The minimum atomic E-state index is 0.338. The van der Waals surface area contributed by atoms with Crippen LogP contribution in [0.25, 0.3) is 67.8 Å². The van der Waals surface area contributed by atoms with E-state index in [1.165, 1.54) is 33.4 Å². The van der Waals surface area contributed by atoms with Crippen LogP contribution in [0, 0.1) is 41.5 Å². The van der Waals surface area contributed by atoms with Crippen molar-refractivity contribution in [3.63, 3.8) is 0 Å². The van der Waals surface area contributed by atoms with Crippen molar-refractivity contribution >= 4 is 34.6 Å². The first-order chi connectivity index (χ1) is 36.1. The molecule has 358 valence electrons. The molecule has 0 unspecified atom stereocenters. The van der Waals surface area contributed by atoms with Gasteiger partial charge in [0.2, 0.25) is 11.9 Å². The lowest BCUT2D eigenvalue weighted by molar-refractivity contribution is 0.964. The highest BCUT2D eigenvalue weighted by Gasteiger charge is 2.27. The maximum absolute atomic E-state index is 5.47. The third-order valence-electron chi connectivity index (χ3n) is 13.2. The summed E-state index contributed by atoms with van der Waals surface area (Å²) in [5, 5.41) is 0. The van der Waals surface area contributed by atoms with Crippen LogP contribution in [0.3, 0.4) is 0 Å². The zero-order chi connectivity index (χ0) is 50.7. The Hall–Kier alpha value is -9.40. The largest absolute Gasteiger partial charge is 0.309 e. The first-order valence-electron chi connectivity index (χ1n) is 24.9. The average molecular weight is 959 g/mol. The lowest BCUT2D eigenvalue weighted by Crippen LogP contribution is -2.19. The van der Waals surface area contributed by atoms with Crippen LogP contribution in [0.1, 0.15) is 33.4 Å². The van der Waals surface area contributed by atoms with E-state index in [1.54, 1.807) is 0 Å². The van der Waals surface area contributed by atoms with Gasteiger partial charge in [-0.1, -0.05) is 187 Å². The molecule has 2 aromatic heterocycles. The molecule has 0 atom stereocenters. The number of aryl methyl sites for hydroxylation is 6. The Labute approximate surface area is 433 Å². The zero-order valence-electron chi connectivity index (χ0n) is 42.4. The van der Waals surface area contributed by atoms with E-state index in [9.17, 15) is 0 Å². The zero-order valence-corrected chi connectivity index (χ0v) is 42.4. The van der Waals surface area contributed by atoms with Crippen LogP contribution in [-0.2, 0) is 0 Å². The van der Waals surface area contributed by atoms with Gasteiger partial charge in [0.1, 0.15) is 0 Å². The molecule has 74 heavy (non-hydrogen) atoms.